The smallest absolute Gasteiger partial charge is 0.178 e. The zero-order valence-corrected chi connectivity index (χ0v) is 12.1. The molecule has 0 spiro atoms. The van der Waals surface area contributed by atoms with Gasteiger partial charge in [0.15, 0.2) is 4.77 Å². The van der Waals surface area contributed by atoms with Crippen molar-refractivity contribution in [1.82, 2.24) is 9.55 Å². The molecule has 0 aliphatic heterocycles. The van der Waals surface area contributed by atoms with Crippen LogP contribution >= 0.6 is 23.8 Å². The van der Waals surface area contributed by atoms with Gasteiger partial charge < -0.3 is 14.3 Å². The van der Waals surface area contributed by atoms with Gasteiger partial charge in [0, 0.05) is 18.2 Å². The van der Waals surface area contributed by atoms with Crippen molar-refractivity contribution < 1.29 is 4.74 Å². The second-order valence-corrected chi connectivity index (χ2v) is 5.54. The van der Waals surface area contributed by atoms with Crippen LogP contribution in [0.5, 0.6) is 0 Å². The summed E-state index contributed by atoms with van der Waals surface area (Å²) in [5.41, 5.74) is 2.04. The molecule has 2 aromatic rings. The van der Waals surface area contributed by atoms with E-state index in [0.717, 1.165) is 24.2 Å². The van der Waals surface area contributed by atoms with Gasteiger partial charge in [-0.2, -0.15) is 0 Å². The number of benzene rings is 1. The third-order valence-corrected chi connectivity index (χ3v) is 3.21. The van der Waals surface area contributed by atoms with Gasteiger partial charge in [-0.25, -0.2) is 0 Å². The van der Waals surface area contributed by atoms with Gasteiger partial charge in [0.1, 0.15) is 0 Å². The number of halogens is 1. The lowest BCUT2D eigenvalue weighted by molar-refractivity contribution is 0.103. The number of ether oxygens (including phenoxy) is 1. The summed E-state index contributed by atoms with van der Waals surface area (Å²) in [5.74, 6) is 0.551. The van der Waals surface area contributed by atoms with Crippen molar-refractivity contribution in [3.05, 3.63) is 28.0 Å². The minimum atomic E-state index is 0.551. The van der Waals surface area contributed by atoms with Gasteiger partial charge in [0.25, 0.3) is 0 Å². The number of H-pyrrole nitrogens is 1. The van der Waals surface area contributed by atoms with E-state index in [0.29, 0.717) is 22.3 Å². The van der Waals surface area contributed by atoms with E-state index >= 15 is 0 Å². The summed E-state index contributed by atoms with van der Waals surface area (Å²) in [5, 5.41) is 0.716. The minimum absolute atomic E-state index is 0.551. The summed E-state index contributed by atoms with van der Waals surface area (Å²) in [6.45, 7) is 6.45. The topological polar surface area (TPSA) is 29.9 Å². The molecule has 98 valence electrons. The predicted octanol–water partition coefficient (Wildman–Crippen LogP) is 4.02. The minimum Gasteiger partial charge on any atom is -0.379 e. The van der Waals surface area contributed by atoms with Crippen molar-refractivity contribution in [3.63, 3.8) is 0 Å². The molecule has 0 saturated heterocycles. The number of nitrogens with one attached hydrogen (secondary N) is 1. The largest absolute Gasteiger partial charge is 0.379 e. The highest BCUT2D eigenvalue weighted by Crippen LogP contribution is 2.19. The lowest BCUT2D eigenvalue weighted by Crippen LogP contribution is -2.09. The van der Waals surface area contributed by atoms with Crippen LogP contribution in [0.25, 0.3) is 11.0 Å². The van der Waals surface area contributed by atoms with Crippen molar-refractivity contribution in [2.24, 2.45) is 5.92 Å². The van der Waals surface area contributed by atoms with Crippen LogP contribution in [0.1, 0.15) is 13.8 Å². The molecule has 2 rings (SSSR count). The number of hydrogen-bond acceptors (Lipinski definition) is 2. The molecule has 0 atom stereocenters. The zero-order valence-electron chi connectivity index (χ0n) is 10.6. The number of aromatic nitrogens is 2. The average Bonchev–Trinajstić information content (AvgIpc) is 2.60. The molecule has 1 heterocycles. The highest BCUT2D eigenvalue weighted by atomic mass is 35.5. The highest BCUT2D eigenvalue weighted by molar-refractivity contribution is 7.71. The lowest BCUT2D eigenvalue weighted by Gasteiger charge is -2.08. The van der Waals surface area contributed by atoms with Crippen LogP contribution in [0.3, 0.4) is 0 Å². The first-order chi connectivity index (χ1) is 8.58. The molecule has 1 aromatic carbocycles. The van der Waals surface area contributed by atoms with E-state index in [9.17, 15) is 0 Å². The maximum Gasteiger partial charge on any atom is 0.178 e. The summed E-state index contributed by atoms with van der Waals surface area (Å²) in [7, 11) is 0. The molecule has 0 radical (unpaired) electrons. The SMILES string of the molecule is CC(C)COCCn1c(=S)[nH]c2ccc(Cl)cc21. The van der Waals surface area contributed by atoms with E-state index < -0.39 is 0 Å². The van der Waals surface area contributed by atoms with Crippen LogP contribution in [-0.4, -0.2) is 22.8 Å². The Balaban J connectivity index is 2.14. The summed E-state index contributed by atoms with van der Waals surface area (Å²) in [6, 6.07) is 5.72. The van der Waals surface area contributed by atoms with Gasteiger partial charge in [-0.05, 0) is 36.3 Å². The molecule has 0 aliphatic carbocycles. The maximum absolute atomic E-state index is 6.01. The fourth-order valence-electron chi connectivity index (χ4n) is 1.82. The molecule has 1 N–H and O–H groups in total. The van der Waals surface area contributed by atoms with E-state index in [4.69, 9.17) is 28.6 Å². The average molecular weight is 285 g/mol. The van der Waals surface area contributed by atoms with Crippen molar-refractivity contribution in [1.29, 1.82) is 0 Å². The zero-order chi connectivity index (χ0) is 13.1. The normalized spacial score (nSPS) is 11.6. The second kappa shape index (κ2) is 5.87. The third-order valence-electron chi connectivity index (χ3n) is 2.65. The van der Waals surface area contributed by atoms with Crippen LogP contribution < -0.4 is 0 Å². The Hall–Kier alpha value is -0.840. The van der Waals surface area contributed by atoms with Crippen molar-refractivity contribution in [2.45, 2.75) is 20.4 Å². The fourth-order valence-corrected chi connectivity index (χ4v) is 2.29. The molecule has 5 heteroatoms. The Labute approximate surface area is 117 Å². The van der Waals surface area contributed by atoms with Gasteiger partial charge in [-0.15, -0.1) is 0 Å². The van der Waals surface area contributed by atoms with Crippen LogP contribution in [-0.2, 0) is 11.3 Å². The van der Waals surface area contributed by atoms with Gasteiger partial charge >= 0.3 is 0 Å². The van der Waals surface area contributed by atoms with Gasteiger partial charge in [-0.1, -0.05) is 25.4 Å². The van der Waals surface area contributed by atoms with Crippen molar-refractivity contribution in [2.75, 3.05) is 13.2 Å². The molecule has 1 aromatic heterocycles. The lowest BCUT2D eigenvalue weighted by atomic mass is 10.2. The molecular weight excluding hydrogens is 268 g/mol. The molecule has 3 nitrogen and oxygen atoms in total. The number of hydrogen-bond donors (Lipinski definition) is 1. The van der Waals surface area contributed by atoms with E-state index in [1.54, 1.807) is 0 Å². The summed E-state index contributed by atoms with van der Waals surface area (Å²) in [4.78, 5) is 3.17. The Kier molecular flexibility index (Phi) is 4.43. The van der Waals surface area contributed by atoms with Gasteiger partial charge in [-0.3, -0.25) is 0 Å². The van der Waals surface area contributed by atoms with Crippen molar-refractivity contribution in [3.8, 4) is 0 Å². The monoisotopic (exact) mass is 284 g/mol. The number of imidazole rings is 1. The standard InChI is InChI=1S/C13H17ClN2OS/c1-9(2)8-17-6-5-16-12-7-10(14)3-4-11(12)15-13(16)18/h3-4,7,9H,5-6,8H2,1-2H3,(H,15,18). The number of nitrogens with zero attached hydrogens (tertiary/aromatic N) is 1. The third kappa shape index (κ3) is 3.13. The quantitative estimate of drug-likeness (QED) is 0.664. The van der Waals surface area contributed by atoms with Gasteiger partial charge in [0.2, 0.25) is 0 Å². The van der Waals surface area contributed by atoms with E-state index in [1.165, 1.54) is 0 Å². The Morgan fingerprint density at radius 1 is 1.44 bits per heavy atom. The molecule has 0 amide bonds. The van der Waals surface area contributed by atoms with Gasteiger partial charge in [0.05, 0.1) is 17.6 Å². The molecule has 0 fully saturated rings. The number of rotatable bonds is 5. The molecule has 0 bridgehead atoms. The summed E-state index contributed by atoms with van der Waals surface area (Å²) < 4.78 is 8.32. The predicted molar refractivity (Wildman–Crippen MR) is 77.8 cm³/mol. The maximum atomic E-state index is 6.01. The Morgan fingerprint density at radius 2 is 2.22 bits per heavy atom. The highest BCUT2D eigenvalue weighted by Gasteiger charge is 2.05. The fraction of sp³-hybridized carbons (Fsp3) is 0.462. The number of aromatic amines is 1. The van der Waals surface area contributed by atoms with Crippen LogP contribution in [0.4, 0.5) is 0 Å². The number of fused-ring (bicyclic) bond motifs is 1. The molecule has 0 saturated carbocycles. The van der Waals surface area contributed by atoms with Crippen molar-refractivity contribution >= 4 is 34.9 Å². The Morgan fingerprint density at radius 3 is 2.94 bits per heavy atom. The summed E-state index contributed by atoms with van der Waals surface area (Å²) in [6.07, 6.45) is 0. The Bertz CT molecular complexity index is 588. The van der Waals surface area contributed by atoms with E-state index in [2.05, 4.69) is 18.8 Å². The van der Waals surface area contributed by atoms with Crippen LogP contribution in [0.15, 0.2) is 18.2 Å². The van der Waals surface area contributed by atoms with Crippen LogP contribution in [0.2, 0.25) is 5.02 Å². The summed E-state index contributed by atoms with van der Waals surface area (Å²) >= 11 is 11.3. The van der Waals surface area contributed by atoms with Crippen LogP contribution in [0, 0.1) is 10.7 Å². The second-order valence-electron chi connectivity index (χ2n) is 4.71. The van der Waals surface area contributed by atoms with E-state index in [-0.39, 0.29) is 0 Å². The molecule has 0 unspecified atom stereocenters. The molecular formula is C13H17ClN2OS. The van der Waals surface area contributed by atoms with E-state index in [1.807, 2.05) is 22.8 Å². The molecule has 0 aliphatic rings. The first-order valence-corrected chi connectivity index (χ1v) is 6.82. The molecule has 18 heavy (non-hydrogen) atoms. The first-order valence-electron chi connectivity index (χ1n) is 6.03. The first kappa shape index (κ1) is 13.6.